The van der Waals surface area contributed by atoms with Crippen LogP contribution in [-0.4, -0.2) is 53.1 Å². The SMILES string of the molecule is O=C(O)c1ccc(CN2CCN3CCCC3C2)cc1. The molecule has 0 bridgehead atoms. The molecule has 0 amide bonds. The third kappa shape index (κ3) is 2.80. The topological polar surface area (TPSA) is 43.8 Å². The van der Waals surface area contributed by atoms with Gasteiger partial charge in [0.05, 0.1) is 5.56 Å². The minimum absolute atomic E-state index is 0.365. The Morgan fingerprint density at radius 3 is 2.74 bits per heavy atom. The number of carboxylic acids is 1. The van der Waals surface area contributed by atoms with Crippen LogP contribution in [-0.2, 0) is 6.54 Å². The van der Waals surface area contributed by atoms with Gasteiger partial charge in [-0.25, -0.2) is 4.79 Å². The highest BCUT2D eigenvalue weighted by Gasteiger charge is 2.30. The monoisotopic (exact) mass is 260 g/mol. The van der Waals surface area contributed by atoms with Crippen LogP contribution in [0.25, 0.3) is 0 Å². The molecule has 4 nitrogen and oxygen atoms in total. The average molecular weight is 260 g/mol. The van der Waals surface area contributed by atoms with Gasteiger partial charge in [0.1, 0.15) is 0 Å². The van der Waals surface area contributed by atoms with Crippen LogP contribution in [0.3, 0.4) is 0 Å². The van der Waals surface area contributed by atoms with E-state index in [0.29, 0.717) is 5.56 Å². The van der Waals surface area contributed by atoms with Gasteiger partial charge in [0.2, 0.25) is 0 Å². The van der Waals surface area contributed by atoms with Gasteiger partial charge in [-0.05, 0) is 37.1 Å². The van der Waals surface area contributed by atoms with Crippen LogP contribution in [0.15, 0.2) is 24.3 Å². The number of fused-ring (bicyclic) bond motifs is 1. The van der Waals surface area contributed by atoms with Crippen LogP contribution in [0.4, 0.5) is 0 Å². The van der Waals surface area contributed by atoms with E-state index in [2.05, 4.69) is 9.80 Å². The molecule has 0 saturated carbocycles. The normalized spacial score (nSPS) is 24.3. The van der Waals surface area contributed by atoms with Gasteiger partial charge in [-0.1, -0.05) is 12.1 Å². The molecule has 19 heavy (non-hydrogen) atoms. The Labute approximate surface area is 113 Å². The minimum Gasteiger partial charge on any atom is -0.478 e. The Hall–Kier alpha value is -1.39. The number of piperazine rings is 1. The molecule has 4 heteroatoms. The number of carboxylic acid groups (broad SMARTS) is 1. The molecule has 2 fully saturated rings. The fourth-order valence-corrected chi connectivity index (χ4v) is 3.21. The zero-order valence-electron chi connectivity index (χ0n) is 11.1. The van der Waals surface area contributed by atoms with Crippen LogP contribution < -0.4 is 0 Å². The van der Waals surface area contributed by atoms with E-state index in [-0.39, 0.29) is 0 Å². The summed E-state index contributed by atoms with van der Waals surface area (Å²) in [5.41, 5.74) is 1.57. The van der Waals surface area contributed by atoms with E-state index in [0.717, 1.165) is 25.7 Å². The first kappa shape index (κ1) is 12.6. The second-order valence-corrected chi connectivity index (χ2v) is 5.57. The van der Waals surface area contributed by atoms with Crippen LogP contribution in [0.1, 0.15) is 28.8 Å². The van der Waals surface area contributed by atoms with E-state index in [4.69, 9.17) is 5.11 Å². The average Bonchev–Trinajstić information content (AvgIpc) is 2.87. The zero-order valence-corrected chi connectivity index (χ0v) is 11.1. The first-order valence-electron chi connectivity index (χ1n) is 7.01. The highest BCUT2D eigenvalue weighted by atomic mass is 16.4. The van der Waals surface area contributed by atoms with Crippen molar-refractivity contribution in [3.8, 4) is 0 Å². The molecule has 1 unspecified atom stereocenters. The molecule has 0 aliphatic carbocycles. The van der Waals surface area contributed by atoms with E-state index in [1.807, 2.05) is 12.1 Å². The molecule has 2 aliphatic rings. The number of nitrogens with zero attached hydrogens (tertiary/aromatic N) is 2. The fraction of sp³-hybridized carbons (Fsp3) is 0.533. The van der Waals surface area contributed by atoms with E-state index in [9.17, 15) is 4.79 Å². The highest BCUT2D eigenvalue weighted by molar-refractivity contribution is 5.87. The molecule has 1 atom stereocenters. The van der Waals surface area contributed by atoms with E-state index in [1.54, 1.807) is 12.1 Å². The Morgan fingerprint density at radius 1 is 1.21 bits per heavy atom. The van der Waals surface area contributed by atoms with E-state index >= 15 is 0 Å². The number of benzene rings is 1. The summed E-state index contributed by atoms with van der Waals surface area (Å²) in [7, 11) is 0. The second kappa shape index (κ2) is 5.31. The molecule has 0 radical (unpaired) electrons. The summed E-state index contributed by atoms with van der Waals surface area (Å²) < 4.78 is 0. The number of aromatic carboxylic acids is 1. The fourth-order valence-electron chi connectivity index (χ4n) is 3.21. The number of rotatable bonds is 3. The maximum absolute atomic E-state index is 10.8. The van der Waals surface area contributed by atoms with Gasteiger partial charge in [-0.2, -0.15) is 0 Å². The summed E-state index contributed by atoms with van der Waals surface area (Å²) in [6.45, 7) is 5.66. The molecule has 2 saturated heterocycles. The Kier molecular flexibility index (Phi) is 3.53. The van der Waals surface area contributed by atoms with Gasteiger partial charge in [0.25, 0.3) is 0 Å². The Balaban J connectivity index is 1.60. The third-order valence-electron chi connectivity index (χ3n) is 4.28. The highest BCUT2D eigenvalue weighted by Crippen LogP contribution is 2.22. The summed E-state index contributed by atoms with van der Waals surface area (Å²) in [6.07, 6.45) is 2.67. The predicted molar refractivity (Wildman–Crippen MR) is 73.3 cm³/mol. The molecule has 1 aromatic carbocycles. The zero-order chi connectivity index (χ0) is 13.2. The van der Waals surface area contributed by atoms with Gasteiger partial charge >= 0.3 is 5.97 Å². The summed E-state index contributed by atoms with van der Waals surface area (Å²) in [5, 5.41) is 8.88. The standard InChI is InChI=1S/C15H20N2O2/c18-15(19)13-5-3-12(4-6-13)10-16-8-9-17-7-1-2-14(17)11-16/h3-6,14H,1-2,7-11H2,(H,18,19). The summed E-state index contributed by atoms with van der Waals surface area (Å²) in [4.78, 5) is 15.9. The second-order valence-electron chi connectivity index (χ2n) is 5.57. The first-order chi connectivity index (χ1) is 9.22. The van der Waals surface area contributed by atoms with Crippen molar-refractivity contribution in [1.82, 2.24) is 9.80 Å². The van der Waals surface area contributed by atoms with Crippen molar-refractivity contribution in [3.05, 3.63) is 35.4 Å². The Morgan fingerprint density at radius 2 is 2.00 bits per heavy atom. The quantitative estimate of drug-likeness (QED) is 0.897. The minimum atomic E-state index is -0.855. The summed E-state index contributed by atoms with van der Waals surface area (Å²) >= 11 is 0. The van der Waals surface area contributed by atoms with E-state index < -0.39 is 5.97 Å². The van der Waals surface area contributed by atoms with E-state index in [1.165, 1.54) is 31.5 Å². The van der Waals surface area contributed by atoms with Crippen molar-refractivity contribution in [3.63, 3.8) is 0 Å². The van der Waals surface area contributed by atoms with Crippen molar-refractivity contribution >= 4 is 5.97 Å². The lowest BCUT2D eigenvalue weighted by Crippen LogP contribution is -2.49. The van der Waals surface area contributed by atoms with Crippen molar-refractivity contribution in [2.45, 2.75) is 25.4 Å². The van der Waals surface area contributed by atoms with Crippen LogP contribution in [0, 0.1) is 0 Å². The van der Waals surface area contributed by atoms with Gasteiger partial charge < -0.3 is 5.11 Å². The molecule has 0 spiro atoms. The van der Waals surface area contributed by atoms with Gasteiger partial charge in [-0.3, -0.25) is 9.80 Å². The van der Waals surface area contributed by atoms with Crippen molar-refractivity contribution in [2.75, 3.05) is 26.2 Å². The molecular weight excluding hydrogens is 240 g/mol. The third-order valence-corrected chi connectivity index (χ3v) is 4.28. The van der Waals surface area contributed by atoms with Gasteiger partial charge in [0.15, 0.2) is 0 Å². The lowest BCUT2D eigenvalue weighted by atomic mass is 10.1. The van der Waals surface area contributed by atoms with Gasteiger partial charge in [0, 0.05) is 32.2 Å². The van der Waals surface area contributed by atoms with Crippen LogP contribution in [0.5, 0.6) is 0 Å². The first-order valence-corrected chi connectivity index (χ1v) is 7.01. The summed E-state index contributed by atoms with van der Waals surface area (Å²) in [5.74, 6) is -0.855. The predicted octanol–water partition coefficient (Wildman–Crippen LogP) is 1.66. The maximum atomic E-state index is 10.8. The van der Waals surface area contributed by atoms with Crippen LogP contribution in [0.2, 0.25) is 0 Å². The maximum Gasteiger partial charge on any atom is 0.335 e. The molecule has 102 valence electrons. The molecular formula is C15H20N2O2. The number of hydrogen-bond acceptors (Lipinski definition) is 3. The summed E-state index contributed by atoms with van der Waals surface area (Å²) in [6, 6.07) is 8.01. The lowest BCUT2D eigenvalue weighted by molar-refractivity contribution is 0.0697. The molecule has 2 heterocycles. The number of carbonyl (C=O) groups is 1. The number of hydrogen-bond donors (Lipinski definition) is 1. The van der Waals surface area contributed by atoms with Crippen molar-refractivity contribution in [2.24, 2.45) is 0 Å². The van der Waals surface area contributed by atoms with Crippen LogP contribution >= 0.6 is 0 Å². The molecule has 1 N–H and O–H groups in total. The van der Waals surface area contributed by atoms with Crippen molar-refractivity contribution < 1.29 is 9.90 Å². The lowest BCUT2D eigenvalue weighted by Gasteiger charge is -2.37. The van der Waals surface area contributed by atoms with Gasteiger partial charge in [-0.15, -0.1) is 0 Å². The van der Waals surface area contributed by atoms with Crippen molar-refractivity contribution in [1.29, 1.82) is 0 Å². The molecule has 2 aliphatic heterocycles. The molecule has 3 rings (SSSR count). The Bertz CT molecular complexity index is 458. The largest absolute Gasteiger partial charge is 0.478 e. The smallest absolute Gasteiger partial charge is 0.335 e. The molecule has 0 aromatic heterocycles. The molecule has 1 aromatic rings.